The van der Waals surface area contributed by atoms with E-state index in [2.05, 4.69) is 22.9 Å². The number of nitrogens with one attached hydrogen (secondary N) is 1. The third-order valence-corrected chi connectivity index (χ3v) is 5.46. The molecule has 0 aliphatic heterocycles. The van der Waals surface area contributed by atoms with Crippen molar-refractivity contribution in [3.05, 3.63) is 65.2 Å². The zero-order valence-electron chi connectivity index (χ0n) is 11.9. The smallest absolute Gasteiger partial charge is 0.211 e. The Balaban J connectivity index is 1.66. The lowest BCUT2D eigenvalue weighted by Gasteiger charge is -2.10. The van der Waals surface area contributed by atoms with E-state index in [0.29, 0.717) is 11.4 Å². The number of rotatable bonds is 5. The molecule has 0 saturated carbocycles. The highest BCUT2D eigenvalue weighted by Gasteiger charge is 2.16. The van der Waals surface area contributed by atoms with E-state index in [1.54, 1.807) is 24.3 Å². The standard InChI is InChI=1S/C17H19NO2S/c19-21(20,16-9-2-1-3-10-16)18-13-12-15-7-4-6-14-8-5-11-17(14)15/h1-4,6-7,9-10,18H,5,8,11-13H2. The molecular formula is C17H19NO2S. The van der Waals surface area contributed by atoms with Crippen molar-refractivity contribution >= 4 is 10.0 Å². The molecule has 1 aliphatic carbocycles. The van der Waals surface area contributed by atoms with Crippen molar-refractivity contribution in [1.82, 2.24) is 4.72 Å². The van der Waals surface area contributed by atoms with Gasteiger partial charge in [0.25, 0.3) is 0 Å². The normalized spacial score (nSPS) is 14.1. The summed E-state index contributed by atoms with van der Waals surface area (Å²) in [4.78, 5) is 0.322. The molecule has 1 aliphatic rings. The van der Waals surface area contributed by atoms with E-state index in [1.807, 2.05) is 6.07 Å². The van der Waals surface area contributed by atoms with E-state index in [0.717, 1.165) is 19.3 Å². The van der Waals surface area contributed by atoms with Gasteiger partial charge in [-0.3, -0.25) is 0 Å². The lowest BCUT2D eigenvalue weighted by molar-refractivity contribution is 0.581. The Morgan fingerprint density at radius 2 is 1.76 bits per heavy atom. The zero-order valence-corrected chi connectivity index (χ0v) is 12.7. The van der Waals surface area contributed by atoms with Crippen LogP contribution in [0.15, 0.2) is 53.4 Å². The van der Waals surface area contributed by atoms with Crippen LogP contribution in [0.25, 0.3) is 0 Å². The molecule has 0 radical (unpaired) electrons. The number of fused-ring (bicyclic) bond motifs is 1. The van der Waals surface area contributed by atoms with Crippen molar-refractivity contribution in [1.29, 1.82) is 0 Å². The lowest BCUT2D eigenvalue weighted by Crippen LogP contribution is -2.26. The van der Waals surface area contributed by atoms with Crippen LogP contribution in [0.4, 0.5) is 0 Å². The van der Waals surface area contributed by atoms with Crippen molar-refractivity contribution in [3.63, 3.8) is 0 Å². The molecule has 0 spiro atoms. The van der Waals surface area contributed by atoms with Crippen molar-refractivity contribution in [2.45, 2.75) is 30.6 Å². The van der Waals surface area contributed by atoms with Crippen LogP contribution in [-0.4, -0.2) is 15.0 Å². The van der Waals surface area contributed by atoms with Crippen LogP contribution in [0.1, 0.15) is 23.1 Å². The molecule has 0 amide bonds. The largest absolute Gasteiger partial charge is 0.240 e. The van der Waals surface area contributed by atoms with Gasteiger partial charge in [0.1, 0.15) is 0 Å². The first-order valence-electron chi connectivity index (χ1n) is 7.31. The van der Waals surface area contributed by atoms with Gasteiger partial charge in [0.15, 0.2) is 0 Å². The van der Waals surface area contributed by atoms with Crippen LogP contribution in [0.2, 0.25) is 0 Å². The molecule has 0 saturated heterocycles. The van der Waals surface area contributed by atoms with Crippen LogP contribution < -0.4 is 4.72 Å². The Labute approximate surface area is 126 Å². The molecular weight excluding hydrogens is 282 g/mol. The number of aryl methyl sites for hydroxylation is 1. The molecule has 3 rings (SSSR count). The summed E-state index contributed by atoms with van der Waals surface area (Å²) in [6, 6.07) is 14.9. The highest BCUT2D eigenvalue weighted by molar-refractivity contribution is 7.89. The molecule has 0 fully saturated rings. The Bertz CT molecular complexity index is 724. The van der Waals surface area contributed by atoms with Crippen molar-refractivity contribution in [2.24, 2.45) is 0 Å². The summed E-state index contributed by atoms with van der Waals surface area (Å²) in [6.07, 6.45) is 4.23. The molecule has 2 aromatic rings. The lowest BCUT2D eigenvalue weighted by atomic mass is 10.0. The van der Waals surface area contributed by atoms with Crippen LogP contribution in [0.5, 0.6) is 0 Å². The van der Waals surface area contributed by atoms with E-state index in [4.69, 9.17) is 0 Å². The SMILES string of the molecule is O=S(=O)(NCCc1cccc2c1CCC2)c1ccccc1. The first-order valence-corrected chi connectivity index (χ1v) is 8.79. The van der Waals surface area contributed by atoms with Gasteiger partial charge in [-0.1, -0.05) is 36.4 Å². The first-order chi connectivity index (χ1) is 10.2. The number of hydrogen-bond donors (Lipinski definition) is 1. The highest BCUT2D eigenvalue weighted by Crippen LogP contribution is 2.25. The Kier molecular flexibility index (Phi) is 4.08. The molecule has 1 N–H and O–H groups in total. The predicted molar refractivity (Wildman–Crippen MR) is 83.8 cm³/mol. The van der Waals surface area contributed by atoms with Gasteiger partial charge in [-0.25, -0.2) is 13.1 Å². The molecule has 0 unspecified atom stereocenters. The second kappa shape index (κ2) is 6.00. The first kappa shape index (κ1) is 14.3. The minimum atomic E-state index is -3.39. The van der Waals surface area contributed by atoms with Gasteiger partial charge in [-0.2, -0.15) is 0 Å². The number of benzene rings is 2. The summed E-state index contributed by atoms with van der Waals surface area (Å²) in [7, 11) is -3.39. The summed E-state index contributed by atoms with van der Waals surface area (Å²) in [5.74, 6) is 0. The van der Waals surface area contributed by atoms with Gasteiger partial charge >= 0.3 is 0 Å². The number of hydrogen-bond acceptors (Lipinski definition) is 2. The average Bonchev–Trinajstić information content (AvgIpc) is 2.97. The third kappa shape index (κ3) is 3.17. The van der Waals surface area contributed by atoms with Gasteiger partial charge in [-0.05, 0) is 54.5 Å². The molecule has 3 nitrogen and oxygen atoms in total. The summed E-state index contributed by atoms with van der Waals surface area (Å²) >= 11 is 0. The minimum Gasteiger partial charge on any atom is -0.211 e. The Morgan fingerprint density at radius 3 is 2.57 bits per heavy atom. The monoisotopic (exact) mass is 301 g/mol. The van der Waals surface area contributed by atoms with Crippen molar-refractivity contribution < 1.29 is 8.42 Å². The summed E-state index contributed by atoms with van der Waals surface area (Å²) in [5.41, 5.74) is 4.13. The molecule has 0 aromatic heterocycles. The quantitative estimate of drug-likeness (QED) is 0.923. The molecule has 0 bridgehead atoms. The van der Waals surface area contributed by atoms with Crippen molar-refractivity contribution in [2.75, 3.05) is 6.54 Å². The zero-order chi connectivity index (χ0) is 14.7. The topological polar surface area (TPSA) is 46.2 Å². The molecule has 0 atom stereocenters. The van der Waals surface area contributed by atoms with E-state index in [1.165, 1.54) is 23.1 Å². The molecule has 4 heteroatoms. The second-order valence-electron chi connectivity index (χ2n) is 5.37. The minimum absolute atomic E-state index is 0.322. The maximum Gasteiger partial charge on any atom is 0.240 e. The molecule has 110 valence electrons. The van der Waals surface area contributed by atoms with Gasteiger partial charge in [0.05, 0.1) is 4.90 Å². The van der Waals surface area contributed by atoms with Gasteiger partial charge in [-0.15, -0.1) is 0 Å². The maximum atomic E-state index is 12.1. The van der Waals surface area contributed by atoms with Crippen LogP contribution in [0, 0.1) is 0 Å². The summed E-state index contributed by atoms with van der Waals surface area (Å²) in [5, 5.41) is 0. The fraction of sp³-hybridized carbons (Fsp3) is 0.294. The van der Waals surface area contributed by atoms with Gasteiger partial charge in [0.2, 0.25) is 10.0 Å². The van der Waals surface area contributed by atoms with Gasteiger partial charge < -0.3 is 0 Å². The maximum absolute atomic E-state index is 12.1. The summed E-state index contributed by atoms with van der Waals surface area (Å²) in [6.45, 7) is 0.438. The highest BCUT2D eigenvalue weighted by atomic mass is 32.2. The number of sulfonamides is 1. The molecule has 0 heterocycles. The molecule has 2 aromatic carbocycles. The average molecular weight is 301 g/mol. The van der Waals surface area contributed by atoms with E-state index in [-0.39, 0.29) is 0 Å². The molecule has 21 heavy (non-hydrogen) atoms. The van der Waals surface area contributed by atoms with E-state index < -0.39 is 10.0 Å². The fourth-order valence-corrected chi connectivity index (χ4v) is 3.99. The van der Waals surface area contributed by atoms with Crippen LogP contribution in [-0.2, 0) is 29.3 Å². The van der Waals surface area contributed by atoms with Crippen molar-refractivity contribution in [3.8, 4) is 0 Å². The van der Waals surface area contributed by atoms with E-state index in [9.17, 15) is 8.42 Å². The fourth-order valence-electron chi connectivity index (χ4n) is 2.94. The third-order valence-electron chi connectivity index (χ3n) is 3.98. The van der Waals surface area contributed by atoms with Crippen LogP contribution in [0.3, 0.4) is 0 Å². The van der Waals surface area contributed by atoms with Crippen LogP contribution >= 0.6 is 0 Å². The second-order valence-corrected chi connectivity index (χ2v) is 7.14. The Hall–Kier alpha value is -1.65. The van der Waals surface area contributed by atoms with Gasteiger partial charge in [0, 0.05) is 6.54 Å². The van der Waals surface area contributed by atoms with E-state index >= 15 is 0 Å². The predicted octanol–water partition coefficient (Wildman–Crippen LogP) is 2.70. The Morgan fingerprint density at radius 1 is 0.952 bits per heavy atom. The summed E-state index contributed by atoms with van der Waals surface area (Å²) < 4.78 is 27.0.